The number of rotatable bonds is 6. The van der Waals surface area contributed by atoms with Crippen LogP contribution in [0.3, 0.4) is 0 Å². The molecule has 0 fully saturated rings. The Morgan fingerprint density at radius 1 is 1.28 bits per heavy atom. The van der Waals surface area contributed by atoms with Crippen molar-refractivity contribution in [3.05, 3.63) is 53.1 Å². The van der Waals surface area contributed by atoms with E-state index in [0.29, 0.717) is 4.90 Å². The molecule has 3 atom stereocenters. The van der Waals surface area contributed by atoms with E-state index in [9.17, 15) is 8.42 Å². The molecule has 0 aromatic heterocycles. The number of hydrogen-bond acceptors (Lipinski definition) is 3. The normalized spacial score (nSPS) is 23.2. The average Bonchev–Trinajstić information content (AvgIpc) is 2.54. The minimum absolute atomic E-state index is 0.0537. The fourth-order valence-electron chi connectivity index (χ4n) is 3.29. The average molecular weight is 363 g/mol. The second-order valence-corrected chi connectivity index (χ2v) is 9.22. The fourth-order valence-corrected chi connectivity index (χ4v) is 4.82. The van der Waals surface area contributed by atoms with Gasteiger partial charge in [0.1, 0.15) is 0 Å². The third-order valence-electron chi connectivity index (χ3n) is 4.78. The molecule has 1 aromatic rings. The molecule has 0 N–H and O–H groups in total. The third-order valence-corrected chi connectivity index (χ3v) is 6.73. The number of allylic oxidation sites excluding steroid dienone is 1. The van der Waals surface area contributed by atoms with Gasteiger partial charge in [0.25, 0.3) is 0 Å². The maximum atomic E-state index is 12.6. The smallest absolute Gasteiger partial charge is 0.178 e. The summed E-state index contributed by atoms with van der Waals surface area (Å²) in [5.74, 6) is 0.0635. The Hall–Kier alpha value is -1.39. The van der Waals surface area contributed by atoms with E-state index in [1.54, 1.807) is 12.1 Å². The van der Waals surface area contributed by atoms with Crippen molar-refractivity contribution in [1.82, 2.24) is 0 Å². The van der Waals surface area contributed by atoms with E-state index in [1.807, 2.05) is 32.9 Å². The Morgan fingerprint density at radius 2 is 1.92 bits per heavy atom. The molecule has 0 unspecified atom stereocenters. The molecule has 25 heavy (non-hydrogen) atoms. The summed E-state index contributed by atoms with van der Waals surface area (Å²) in [6.07, 6.45) is 6.35. The number of sulfone groups is 1. The first-order chi connectivity index (χ1) is 11.7. The van der Waals surface area contributed by atoms with Crippen LogP contribution in [-0.2, 0) is 14.6 Å². The highest BCUT2D eigenvalue weighted by Crippen LogP contribution is 2.26. The topological polar surface area (TPSA) is 43.4 Å². The molecule has 0 aliphatic carbocycles. The molecule has 1 aliphatic heterocycles. The van der Waals surface area contributed by atoms with E-state index in [1.165, 1.54) is 5.57 Å². The number of hydrogen-bond donors (Lipinski definition) is 0. The van der Waals surface area contributed by atoms with Gasteiger partial charge in [0.05, 0.1) is 22.9 Å². The summed E-state index contributed by atoms with van der Waals surface area (Å²) in [5, 5.41) is 0. The predicted molar refractivity (Wildman–Crippen MR) is 103 cm³/mol. The van der Waals surface area contributed by atoms with Gasteiger partial charge in [-0.25, -0.2) is 8.42 Å². The molecule has 0 amide bonds. The zero-order chi connectivity index (χ0) is 18.6. The third kappa shape index (κ3) is 5.29. The zero-order valence-electron chi connectivity index (χ0n) is 16.0. The molecule has 0 spiro atoms. The quantitative estimate of drug-likeness (QED) is 0.678. The van der Waals surface area contributed by atoms with Gasteiger partial charge in [0, 0.05) is 0 Å². The van der Waals surface area contributed by atoms with Gasteiger partial charge < -0.3 is 4.74 Å². The first-order valence-corrected chi connectivity index (χ1v) is 10.7. The molecule has 1 aromatic carbocycles. The van der Waals surface area contributed by atoms with Crippen LogP contribution in [0.1, 0.15) is 46.1 Å². The summed E-state index contributed by atoms with van der Waals surface area (Å²) in [5.41, 5.74) is 3.47. The Balaban J connectivity index is 2.06. The Bertz CT molecular complexity index is 742. The van der Waals surface area contributed by atoms with Crippen molar-refractivity contribution in [2.24, 2.45) is 5.92 Å². The van der Waals surface area contributed by atoms with Crippen molar-refractivity contribution in [2.45, 2.75) is 64.6 Å². The van der Waals surface area contributed by atoms with E-state index in [4.69, 9.17) is 4.74 Å². The van der Waals surface area contributed by atoms with E-state index in [0.717, 1.165) is 24.0 Å². The largest absolute Gasteiger partial charge is 0.366 e. The summed E-state index contributed by atoms with van der Waals surface area (Å²) in [7, 11) is -3.27. The van der Waals surface area contributed by atoms with Gasteiger partial charge in [0.2, 0.25) is 0 Å². The molecular weight excluding hydrogens is 332 g/mol. The molecular formula is C21H30O3S. The first kappa shape index (κ1) is 19.9. The second kappa shape index (κ2) is 8.33. The molecule has 0 saturated heterocycles. The van der Waals surface area contributed by atoms with E-state index in [-0.39, 0.29) is 23.9 Å². The Labute approximate surface area is 152 Å². The highest BCUT2D eigenvalue weighted by molar-refractivity contribution is 7.91. The standard InChI is InChI=1S/C21H30O3S/c1-6-20-17(4)9-12-21(24-20)18(5)13-16(3)14-25(22,23)19-10-7-15(2)8-11-19/h7-11,13,16,20-21H,6,12,14H2,1-5H3/b18-13+/t16-,20+,21+/m0/s1. The van der Waals surface area contributed by atoms with Crippen LogP contribution in [0.2, 0.25) is 0 Å². The van der Waals surface area contributed by atoms with Crippen molar-refractivity contribution in [3.63, 3.8) is 0 Å². The van der Waals surface area contributed by atoms with Crippen molar-refractivity contribution in [3.8, 4) is 0 Å². The van der Waals surface area contributed by atoms with Crippen LogP contribution in [0.15, 0.2) is 52.5 Å². The predicted octanol–water partition coefficient (Wildman–Crippen LogP) is 4.86. The molecule has 0 radical (unpaired) electrons. The van der Waals surface area contributed by atoms with E-state index >= 15 is 0 Å². The van der Waals surface area contributed by atoms with E-state index in [2.05, 4.69) is 26.0 Å². The summed E-state index contributed by atoms with van der Waals surface area (Å²) < 4.78 is 31.3. The zero-order valence-corrected chi connectivity index (χ0v) is 16.8. The van der Waals surface area contributed by atoms with Gasteiger partial charge in [-0.1, -0.05) is 43.7 Å². The fraction of sp³-hybridized carbons (Fsp3) is 0.524. The number of ether oxygens (including phenoxy) is 1. The van der Waals surface area contributed by atoms with Gasteiger partial charge >= 0.3 is 0 Å². The van der Waals surface area contributed by atoms with Crippen molar-refractivity contribution in [1.29, 1.82) is 0 Å². The maximum absolute atomic E-state index is 12.6. The van der Waals surface area contributed by atoms with Crippen LogP contribution >= 0.6 is 0 Å². The van der Waals surface area contributed by atoms with Crippen LogP contribution in [0, 0.1) is 12.8 Å². The summed E-state index contributed by atoms with van der Waals surface area (Å²) in [6, 6.07) is 7.07. The Morgan fingerprint density at radius 3 is 2.52 bits per heavy atom. The van der Waals surface area contributed by atoms with Gasteiger partial charge in [-0.15, -0.1) is 0 Å². The molecule has 1 heterocycles. The lowest BCUT2D eigenvalue weighted by molar-refractivity contribution is 0.0178. The van der Waals surface area contributed by atoms with Gasteiger partial charge in [-0.3, -0.25) is 0 Å². The molecule has 0 bridgehead atoms. The molecule has 3 nitrogen and oxygen atoms in total. The summed E-state index contributed by atoms with van der Waals surface area (Å²) in [6.45, 7) is 10.2. The van der Waals surface area contributed by atoms with Crippen LogP contribution in [0.4, 0.5) is 0 Å². The molecule has 4 heteroatoms. The highest BCUT2D eigenvalue weighted by Gasteiger charge is 2.23. The highest BCUT2D eigenvalue weighted by atomic mass is 32.2. The van der Waals surface area contributed by atoms with Crippen molar-refractivity contribution >= 4 is 9.84 Å². The molecule has 138 valence electrons. The molecule has 2 rings (SSSR count). The van der Waals surface area contributed by atoms with Crippen LogP contribution in [0.5, 0.6) is 0 Å². The first-order valence-electron chi connectivity index (χ1n) is 9.02. The molecule has 1 aliphatic rings. The van der Waals surface area contributed by atoms with Crippen molar-refractivity contribution < 1.29 is 13.2 Å². The Kier molecular flexibility index (Phi) is 6.64. The second-order valence-electron chi connectivity index (χ2n) is 7.19. The van der Waals surface area contributed by atoms with Crippen molar-refractivity contribution in [2.75, 3.05) is 5.75 Å². The SMILES string of the molecule is CC[C@H]1O[C@@H](/C(C)=C/[C@H](C)CS(=O)(=O)c2ccc(C)cc2)CC=C1C. The van der Waals surface area contributed by atoms with Gasteiger partial charge in [0.15, 0.2) is 9.84 Å². The lowest BCUT2D eigenvalue weighted by Crippen LogP contribution is -2.28. The lowest BCUT2D eigenvalue weighted by Gasteiger charge is -2.30. The maximum Gasteiger partial charge on any atom is 0.178 e. The van der Waals surface area contributed by atoms with E-state index < -0.39 is 9.84 Å². The molecule has 0 saturated carbocycles. The minimum atomic E-state index is -3.27. The van der Waals surface area contributed by atoms with Crippen LogP contribution in [0.25, 0.3) is 0 Å². The van der Waals surface area contributed by atoms with Gasteiger partial charge in [-0.2, -0.15) is 0 Å². The van der Waals surface area contributed by atoms with Gasteiger partial charge in [-0.05, 0) is 62.8 Å². The summed E-state index contributed by atoms with van der Waals surface area (Å²) in [4.78, 5) is 0.398. The number of aryl methyl sites for hydroxylation is 1. The van der Waals surface area contributed by atoms with Crippen LogP contribution in [-0.4, -0.2) is 26.4 Å². The monoisotopic (exact) mass is 362 g/mol. The minimum Gasteiger partial charge on any atom is -0.366 e. The summed E-state index contributed by atoms with van der Waals surface area (Å²) >= 11 is 0. The van der Waals surface area contributed by atoms with Crippen LogP contribution < -0.4 is 0 Å². The lowest BCUT2D eigenvalue weighted by atomic mass is 9.97. The number of benzene rings is 1.